The number of halogens is 1. The molecule has 1 aromatic carbocycles. The van der Waals surface area contributed by atoms with Gasteiger partial charge in [0.2, 0.25) is 0 Å². The van der Waals surface area contributed by atoms with Gasteiger partial charge in [0.1, 0.15) is 6.04 Å². The maximum atomic E-state index is 12.0. The summed E-state index contributed by atoms with van der Waals surface area (Å²) in [6.45, 7) is 4.22. The van der Waals surface area contributed by atoms with E-state index in [2.05, 4.69) is 29.8 Å². The summed E-state index contributed by atoms with van der Waals surface area (Å²) in [6.07, 6.45) is 2.72. The van der Waals surface area contributed by atoms with Gasteiger partial charge in [0.05, 0.1) is 7.11 Å². The minimum atomic E-state index is -0.267. The number of methoxy groups -OCH3 is 1. The minimum absolute atomic E-state index is 0.189. The SMILES string of the molecule is COC(=O)[C@@H](CC(C)C)n1ccc2c(Br)cccc21. The molecule has 0 spiro atoms. The van der Waals surface area contributed by atoms with Crippen LogP contribution in [-0.4, -0.2) is 17.6 Å². The van der Waals surface area contributed by atoms with Gasteiger partial charge in [-0.3, -0.25) is 0 Å². The molecule has 19 heavy (non-hydrogen) atoms. The van der Waals surface area contributed by atoms with Crippen LogP contribution in [0.3, 0.4) is 0 Å². The Labute approximate surface area is 121 Å². The zero-order valence-electron chi connectivity index (χ0n) is 11.4. The highest BCUT2D eigenvalue weighted by molar-refractivity contribution is 9.10. The van der Waals surface area contributed by atoms with Crippen LogP contribution in [0, 0.1) is 5.92 Å². The van der Waals surface area contributed by atoms with E-state index in [9.17, 15) is 4.79 Å². The van der Waals surface area contributed by atoms with Crippen molar-refractivity contribution in [2.24, 2.45) is 5.92 Å². The molecule has 4 heteroatoms. The molecule has 2 rings (SSSR count). The molecular formula is C15H18BrNO2. The molecule has 0 unspecified atom stereocenters. The number of fused-ring (bicyclic) bond motifs is 1. The quantitative estimate of drug-likeness (QED) is 0.791. The van der Waals surface area contributed by atoms with E-state index in [1.165, 1.54) is 7.11 Å². The zero-order valence-corrected chi connectivity index (χ0v) is 13.0. The average Bonchev–Trinajstić information content (AvgIpc) is 2.80. The lowest BCUT2D eigenvalue weighted by molar-refractivity contribution is -0.145. The lowest BCUT2D eigenvalue weighted by Gasteiger charge is -2.19. The number of carbonyl (C=O) groups excluding carboxylic acids is 1. The van der Waals surface area contributed by atoms with Crippen molar-refractivity contribution in [2.75, 3.05) is 7.11 Å². The van der Waals surface area contributed by atoms with Crippen molar-refractivity contribution in [2.45, 2.75) is 26.3 Å². The van der Waals surface area contributed by atoms with Gasteiger partial charge in [0.15, 0.2) is 0 Å². The summed E-state index contributed by atoms with van der Waals surface area (Å²) in [5.74, 6) is 0.236. The zero-order chi connectivity index (χ0) is 14.0. The first-order valence-corrected chi connectivity index (χ1v) is 7.16. The molecule has 0 fully saturated rings. The smallest absolute Gasteiger partial charge is 0.328 e. The molecule has 0 bridgehead atoms. The van der Waals surface area contributed by atoms with Gasteiger partial charge in [-0.1, -0.05) is 35.8 Å². The summed E-state index contributed by atoms with van der Waals surface area (Å²) < 4.78 is 7.99. The molecule has 0 aliphatic carbocycles. The van der Waals surface area contributed by atoms with Crippen LogP contribution in [0.4, 0.5) is 0 Å². The van der Waals surface area contributed by atoms with E-state index in [-0.39, 0.29) is 12.0 Å². The van der Waals surface area contributed by atoms with E-state index >= 15 is 0 Å². The van der Waals surface area contributed by atoms with Crippen molar-refractivity contribution < 1.29 is 9.53 Å². The number of aromatic nitrogens is 1. The number of hydrogen-bond donors (Lipinski definition) is 0. The Morgan fingerprint density at radius 1 is 1.37 bits per heavy atom. The number of nitrogens with zero attached hydrogens (tertiary/aromatic N) is 1. The molecule has 0 aliphatic rings. The van der Waals surface area contributed by atoms with Crippen LogP contribution in [0.5, 0.6) is 0 Å². The number of hydrogen-bond acceptors (Lipinski definition) is 2. The summed E-state index contributed by atoms with van der Waals surface area (Å²) in [6, 6.07) is 7.76. The van der Waals surface area contributed by atoms with Gasteiger partial charge in [0, 0.05) is 21.6 Å². The summed E-state index contributed by atoms with van der Waals surface area (Å²) in [7, 11) is 1.44. The van der Waals surface area contributed by atoms with Crippen LogP contribution in [0.1, 0.15) is 26.3 Å². The second kappa shape index (κ2) is 5.78. The normalized spacial score (nSPS) is 12.9. The van der Waals surface area contributed by atoms with E-state index in [0.29, 0.717) is 5.92 Å². The van der Waals surface area contributed by atoms with Crippen LogP contribution >= 0.6 is 15.9 Å². The van der Waals surface area contributed by atoms with Crippen LogP contribution in [0.2, 0.25) is 0 Å². The molecule has 0 N–H and O–H groups in total. The van der Waals surface area contributed by atoms with Crippen LogP contribution in [0.15, 0.2) is 34.9 Å². The lowest BCUT2D eigenvalue weighted by Crippen LogP contribution is -2.22. The highest BCUT2D eigenvalue weighted by Gasteiger charge is 2.23. The molecule has 102 valence electrons. The molecule has 1 heterocycles. The number of rotatable bonds is 4. The fourth-order valence-electron chi connectivity index (χ4n) is 2.33. The first-order chi connectivity index (χ1) is 9.04. The second-order valence-corrected chi connectivity index (χ2v) is 5.92. The molecule has 3 nitrogen and oxygen atoms in total. The van der Waals surface area contributed by atoms with Gasteiger partial charge in [-0.05, 0) is 30.5 Å². The third-order valence-electron chi connectivity index (χ3n) is 3.21. The van der Waals surface area contributed by atoms with Gasteiger partial charge >= 0.3 is 5.97 Å². The lowest BCUT2D eigenvalue weighted by atomic mass is 10.0. The molecule has 1 aromatic heterocycles. The maximum Gasteiger partial charge on any atom is 0.328 e. The van der Waals surface area contributed by atoms with Crippen molar-refractivity contribution in [3.8, 4) is 0 Å². The molecule has 0 radical (unpaired) electrons. The fraction of sp³-hybridized carbons (Fsp3) is 0.400. The monoisotopic (exact) mass is 323 g/mol. The third kappa shape index (κ3) is 2.84. The third-order valence-corrected chi connectivity index (χ3v) is 3.91. The number of benzene rings is 1. The summed E-state index contributed by atoms with van der Waals surface area (Å²) in [4.78, 5) is 12.0. The van der Waals surface area contributed by atoms with Gasteiger partial charge < -0.3 is 9.30 Å². The number of carbonyl (C=O) groups is 1. The summed E-state index contributed by atoms with van der Waals surface area (Å²) in [5.41, 5.74) is 1.05. The van der Waals surface area contributed by atoms with Crippen LogP contribution < -0.4 is 0 Å². The van der Waals surface area contributed by atoms with E-state index in [0.717, 1.165) is 21.8 Å². The van der Waals surface area contributed by atoms with Crippen LogP contribution in [-0.2, 0) is 9.53 Å². The molecule has 0 saturated heterocycles. The molecule has 0 aliphatic heterocycles. The first kappa shape index (κ1) is 14.1. The van der Waals surface area contributed by atoms with E-state index < -0.39 is 0 Å². The van der Waals surface area contributed by atoms with Gasteiger partial charge in [-0.25, -0.2) is 4.79 Å². The van der Waals surface area contributed by atoms with Crippen molar-refractivity contribution >= 4 is 32.8 Å². The van der Waals surface area contributed by atoms with Crippen molar-refractivity contribution in [1.82, 2.24) is 4.57 Å². The second-order valence-electron chi connectivity index (χ2n) is 5.06. The Bertz CT molecular complexity index is 589. The number of esters is 1. The van der Waals surface area contributed by atoms with Crippen molar-refractivity contribution in [3.63, 3.8) is 0 Å². The Morgan fingerprint density at radius 2 is 2.11 bits per heavy atom. The largest absolute Gasteiger partial charge is 0.467 e. The summed E-state index contributed by atoms with van der Waals surface area (Å²) >= 11 is 3.53. The van der Waals surface area contributed by atoms with Gasteiger partial charge in [-0.15, -0.1) is 0 Å². The highest BCUT2D eigenvalue weighted by atomic mass is 79.9. The fourth-order valence-corrected chi connectivity index (χ4v) is 2.82. The molecule has 1 atom stereocenters. The van der Waals surface area contributed by atoms with Crippen molar-refractivity contribution in [1.29, 1.82) is 0 Å². The van der Waals surface area contributed by atoms with Crippen LogP contribution in [0.25, 0.3) is 10.9 Å². The van der Waals surface area contributed by atoms with Crippen molar-refractivity contribution in [3.05, 3.63) is 34.9 Å². The van der Waals surface area contributed by atoms with E-state index in [4.69, 9.17) is 4.74 Å². The van der Waals surface area contributed by atoms with E-state index in [1.807, 2.05) is 35.0 Å². The molecule has 0 saturated carbocycles. The Hall–Kier alpha value is -1.29. The molecule has 2 aromatic rings. The Kier molecular flexibility index (Phi) is 4.30. The Balaban J connectivity index is 2.50. The number of ether oxygens (including phenoxy) is 1. The van der Waals surface area contributed by atoms with Gasteiger partial charge in [-0.2, -0.15) is 0 Å². The maximum absolute atomic E-state index is 12.0. The van der Waals surface area contributed by atoms with E-state index in [1.54, 1.807) is 0 Å². The summed E-state index contributed by atoms with van der Waals surface area (Å²) in [5, 5.41) is 1.11. The van der Waals surface area contributed by atoms with Gasteiger partial charge in [0.25, 0.3) is 0 Å². The standard InChI is InChI=1S/C15H18BrNO2/c1-10(2)9-14(15(18)19-3)17-8-7-11-12(16)5-4-6-13(11)17/h4-8,10,14H,9H2,1-3H3/t14-/m1/s1. The highest BCUT2D eigenvalue weighted by Crippen LogP contribution is 2.29. The minimum Gasteiger partial charge on any atom is -0.467 e. The predicted octanol–water partition coefficient (Wildman–Crippen LogP) is 4.16. The average molecular weight is 324 g/mol. The first-order valence-electron chi connectivity index (χ1n) is 6.37. The topological polar surface area (TPSA) is 31.2 Å². The molecular weight excluding hydrogens is 306 g/mol. The Morgan fingerprint density at radius 3 is 2.74 bits per heavy atom. The molecule has 0 amide bonds. The predicted molar refractivity (Wildman–Crippen MR) is 80.1 cm³/mol.